The van der Waals surface area contributed by atoms with Gasteiger partial charge < -0.3 is 20.3 Å². The van der Waals surface area contributed by atoms with Crippen molar-refractivity contribution in [3.05, 3.63) is 22.4 Å². The Bertz CT molecular complexity index is 577. The molecular formula is C20H36IN5OS. The summed E-state index contributed by atoms with van der Waals surface area (Å²) in [5.74, 6) is 1.71. The smallest absolute Gasteiger partial charge is 0.191 e. The van der Waals surface area contributed by atoms with Crippen molar-refractivity contribution in [2.24, 2.45) is 10.9 Å². The number of thiophene rings is 1. The van der Waals surface area contributed by atoms with Crippen LogP contribution < -0.4 is 10.6 Å². The van der Waals surface area contributed by atoms with Crippen LogP contribution in [0, 0.1) is 5.92 Å². The van der Waals surface area contributed by atoms with Gasteiger partial charge in [-0.15, -0.1) is 35.3 Å². The SMILES string of the molecule is CN=C(NCC1CN(C)CCO1)NCC(c1cccs1)N1CCC(C)CC1.I. The Labute approximate surface area is 191 Å². The minimum Gasteiger partial charge on any atom is -0.374 e. The second-order valence-corrected chi connectivity index (χ2v) is 8.82. The van der Waals surface area contributed by atoms with Crippen molar-refractivity contribution in [2.45, 2.75) is 31.9 Å². The van der Waals surface area contributed by atoms with Crippen LogP contribution in [0.25, 0.3) is 0 Å². The standard InChI is InChI=1S/C20H35N5OS.HI/c1-16-6-8-25(9-7-16)18(19-5-4-12-27-19)14-23-20(21-2)22-13-17-15-24(3)10-11-26-17;/h4-5,12,16-18H,6-11,13-15H2,1-3H3,(H2,21,22,23);1H. The predicted octanol–water partition coefficient (Wildman–Crippen LogP) is 2.63. The lowest BCUT2D eigenvalue weighted by molar-refractivity contribution is -0.0161. The highest BCUT2D eigenvalue weighted by Gasteiger charge is 2.25. The lowest BCUT2D eigenvalue weighted by Crippen LogP contribution is -2.49. The number of nitrogens with one attached hydrogen (secondary N) is 2. The van der Waals surface area contributed by atoms with Gasteiger partial charge in [0.2, 0.25) is 0 Å². The summed E-state index contributed by atoms with van der Waals surface area (Å²) in [4.78, 5) is 10.8. The average Bonchev–Trinajstić information content (AvgIpc) is 3.20. The maximum absolute atomic E-state index is 5.84. The Kier molecular flexibility index (Phi) is 10.5. The zero-order valence-corrected chi connectivity index (χ0v) is 20.5. The lowest BCUT2D eigenvalue weighted by Gasteiger charge is -2.36. The molecular weight excluding hydrogens is 485 g/mol. The van der Waals surface area contributed by atoms with E-state index in [-0.39, 0.29) is 30.1 Å². The molecule has 0 saturated carbocycles. The van der Waals surface area contributed by atoms with Gasteiger partial charge in [-0.1, -0.05) is 13.0 Å². The molecule has 28 heavy (non-hydrogen) atoms. The molecule has 0 spiro atoms. The molecule has 0 radical (unpaired) electrons. The summed E-state index contributed by atoms with van der Waals surface area (Å²) in [6.45, 7) is 9.18. The topological polar surface area (TPSA) is 52.1 Å². The van der Waals surface area contributed by atoms with E-state index in [0.717, 1.165) is 44.7 Å². The summed E-state index contributed by atoms with van der Waals surface area (Å²) in [6, 6.07) is 4.83. The van der Waals surface area contributed by atoms with E-state index < -0.39 is 0 Å². The first-order valence-corrected chi connectivity index (χ1v) is 11.1. The maximum atomic E-state index is 5.84. The molecule has 2 aliphatic heterocycles. The van der Waals surface area contributed by atoms with E-state index in [0.29, 0.717) is 6.04 Å². The van der Waals surface area contributed by atoms with Crippen LogP contribution in [0.4, 0.5) is 0 Å². The lowest BCUT2D eigenvalue weighted by atomic mass is 9.97. The molecule has 3 rings (SSSR count). The third-order valence-corrected chi connectivity index (χ3v) is 6.63. The number of likely N-dealkylation sites (tertiary alicyclic amines) is 1. The summed E-state index contributed by atoms with van der Waals surface area (Å²) in [7, 11) is 3.99. The first-order valence-electron chi connectivity index (χ1n) is 10.2. The Morgan fingerprint density at radius 3 is 2.75 bits per heavy atom. The van der Waals surface area contributed by atoms with Crippen LogP contribution in [0.5, 0.6) is 0 Å². The monoisotopic (exact) mass is 521 g/mol. The largest absolute Gasteiger partial charge is 0.374 e. The maximum Gasteiger partial charge on any atom is 0.191 e. The Morgan fingerprint density at radius 2 is 2.11 bits per heavy atom. The number of hydrogen-bond donors (Lipinski definition) is 2. The summed E-state index contributed by atoms with van der Waals surface area (Å²) >= 11 is 1.85. The Hall–Kier alpha value is -0.420. The molecule has 0 aromatic carbocycles. The third kappa shape index (κ3) is 7.12. The number of aliphatic imine (C=N–C) groups is 1. The molecule has 2 N–H and O–H groups in total. The summed E-state index contributed by atoms with van der Waals surface area (Å²) < 4.78 is 5.84. The second kappa shape index (κ2) is 12.3. The molecule has 3 heterocycles. The first-order chi connectivity index (χ1) is 13.2. The third-order valence-electron chi connectivity index (χ3n) is 5.66. The van der Waals surface area contributed by atoms with E-state index in [4.69, 9.17) is 4.74 Å². The predicted molar refractivity (Wildman–Crippen MR) is 129 cm³/mol. The summed E-state index contributed by atoms with van der Waals surface area (Å²) in [5, 5.41) is 9.17. The van der Waals surface area contributed by atoms with Crippen LogP contribution >= 0.6 is 35.3 Å². The molecule has 0 bridgehead atoms. The van der Waals surface area contributed by atoms with E-state index in [1.165, 1.54) is 30.8 Å². The summed E-state index contributed by atoms with van der Waals surface area (Å²) in [6.07, 6.45) is 2.81. The first kappa shape index (κ1) is 23.9. The number of likely N-dealkylation sites (N-methyl/N-ethyl adjacent to an activating group) is 1. The normalized spacial score (nSPS) is 23.8. The molecule has 8 heteroatoms. The highest BCUT2D eigenvalue weighted by Crippen LogP contribution is 2.29. The highest BCUT2D eigenvalue weighted by atomic mass is 127. The number of morpholine rings is 1. The minimum absolute atomic E-state index is 0. The van der Waals surface area contributed by atoms with Gasteiger partial charge in [0.15, 0.2) is 5.96 Å². The number of rotatable bonds is 6. The van der Waals surface area contributed by atoms with Gasteiger partial charge in [-0.2, -0.15) is 0 Å². The zero-order valence-electron chi connectivity index (χ0n) is 17.4. The van der Waals surface area contributed by atoms with Crippen LogP contribution in [-0.4, -0.2) is 81.8 Å². The van der Waals surface area contributed by atoms with Crippen LogP contribution in [0.15, 0.2) is 22.5 Å². The van der Waals surface area contributed by atoms with Crippen LogP contribution in [0.1, 0.15) is 30.7 Å². The number of guanidine groups is 1. The van der Waals surface area contributed by atoms with Crippen molar-refractivity contribution in [1.82, 2.24) is 20.4 Å². The quantitative estimate of drug-likeness (QED) is 0.343. The number of nitrogens with zero attached hydrogens (tertiary/aromatic N) is 3. The van der Waals surface area contributed by atoms with E-state index in [2.05, 4.69) is 56.9 Å². The van der Waals surface area contributed by atoms with Crippen LogP contribution in [-0.2, 0) is 4.74 Å². The van der Waals surface area contributed by atoms with Gasteiger partial charge in [-0.3, -0.25) is 9.89 Å². The van der Waals surface area contributed by atoms with Gasteiger partial charge in [0, 0.05) is 38.1 Å². The van der Waals surface area contributed by atoms with Crippen molar-refractivity contribution < 1.29 is 4.74 Å². The average molecular weight is 522 g/mol. The number of hydrogen-bond acceptors (Lipinski definition) is 5. The second-order valence-electron chi connectivity index (χ2n) is 7.84. The van der Waals surface area contributed by atoms with Crippen molar-refractivity contribution in [3.8, 4) is 0 Å². The number of halogens is 1. The number of piperidine rings is 1. The molecule has 1 aromatic heterocycles. The van der Waals surface area contributed by atoms with E-state index in [1.54, 1.807) is 0 Å². The van der Waals surface area contributed by atoms with Crippen molar-refractivity contribution >= 4 is 41.3 Å². The van der Waals surface area contributed by atoms with E-state index >= 15 is 0 Å². The minimum atomic E-state index is 0. The molecule has 2 aliphatic rings. The molecule has 6 nitrogen and oxygen atoms in total. The highest BCUT2D eigenvalue weighted by molar-refractivity contribution is 14.0. The van der Waals surface area contributed by atoms with Gasteiger partial charge >= 0.3 is 0 Å². The molecule has 0 aliphatic carbocycles. The van der Waals surface area contributed by atoms with Crippen LogP contribution in [0.3, 0.4) is 0 Å². The molecule has 160 valence electrons. The molecule has 2 fully saturated rings. The van der Waals surface area contributed by atoms with Gasteiger partial charge in [0.1, 0.15) is 0 Å². The van der Waals surface area contributed by atoms with Crippen LogP contribution in [0.2, 0.25) is 0 Å². The van der Waals surface area contributed by atoms with E-state index in [1.807, 2.05) is 18.4 Å². The number of ether oxygens (including phenoxy) is 1. The van der Waals surface area contributed by atoms with Gasteiger partial charge in [0.05, 0.1) is 18.8 Å². The fourth-order valence-electron chi connectivity index (χ4n) is 3.85. The Balaban J connectivity index is 0.00000280. The van der Waals surface area contributed by atoms with Gasteiger partial charge in [-0.05, 0) is 50.3 Å². The fraction of sp³-hybridized carbons (Fsp3) is 0.750. The molecule has 1 aromatic rings. The molecule has 2 saturated heterocycles. The van der Waals surface area contributed by atoms with Crippen molar-refractivity contribution in [2.75, 3.05) is 60.0 Å². The van der Waals surface area contributed by atoms with Crippen molar-refractivity contribution in [1.29, 1.82) is 0 Å². The van der Waals surface area contributed by atoms with Gasteiger partial charge in [-0.25, -0.2) is 0 Å². The fourth-order valence-corrected chi connectivity index (χ4v) is 4.71. The Morgan fingerprint density at radius 1 is 1.32 bits per heavy atom. The molecule has 2 unspecified atom stereocenters. The zero-order chi connectivity index (χ0) is 19.1. The van der Waals surface area contributed by atoms with Crippen molar-refractivity contribution in [3.63, 3.8) is 0 Å². The summed E-state index contributed by atoms with van der Waals surface area (Å²) in [5.41, 5.74) is 0. The molecule has 2 atom stereocenters. The molecule has 0 amide bonds. The van der Waals surface area contributed by atoms with E-state index in [9.17, 15) is 0 Å². The van der Waals surface area contributed by atoms with Gasteiger partial charge in [0.25, 0.3) is 0 Å².